The van der Waals surface area contributed by atoms with Gasteiger partial charge >= 0.3 is 0 Å². The predicted octanol–water partition coefficient (Wildman–Crippen LogP) is 4.39. The molecule has 3 aromatic rings. The summed E-state index contributed by atoms with van der Waals surface area (Å²) >= 11 is 0. The van der Waals surface area contributed by atoms with Crippen LogP contribution in [-0.2, 0) is 17.8 Å². The normalized spacial score (nSPS) is 10.4. The molecule has 4 heteroatoms. The van der Waals surface area contributed by atoms with Gasteiger partial charge in [0.15, 0.2) is 0 Å². The number of aromatic nitrogens is 1. The summed E-state index contributed by atoms with van der Waals surface area (Å²) in [4.78, 5) is 18.6. The summed E-state index contributed by atoms with van der Waals surface area (Å²) in [6.45, 7) is 0.438. The average molecular weight is 334 g/mol. The Kier molecular flexibility index (Phi) is 5.52. The number of carbonyl (C=O) groups is 1. The zero-order valence-electron chi connectivity index (χ0n) is 13.8. The summed E-state index contributed by atoms with van der Waals surface area (Å²) in [6, 6.07) is 19.9. The molecule has 0 fully saturated rings. The van der Waals surface area contributed by atoms with Crippen molar-refractivity contribution in [1.82, 2.24) is 4.98 Å². The molecule has 0 unspecified atom stereocenters. The van der Waals surface area contributed by atoms with Crippen molar-refractivity contribution in [3.63, 3.8) is 0 Å². The van der Waals surface area contributed by atoms with Crippen molar-refractivity contribution >= 4 is 11.6 Å². The number of benzene rings is 2. The van der Waals surface area contributed by atoms with Crippen molar-refractivity contribution < 1.29 is 9.18 Å². The van der Waals surface area contributed by atoms with Gasteiger partial charge in [0.2, 0.25) is 5.91 Å². The van der Waals surface area contributed by atoms with Gasteiger partial charge in [-0.15, -0.1) is 0 Å². The SMILES string of the molecule is O=C(CCc1ccccc1F)N(Cc1cccnc1)c1ccccc1. The highest BCUT2D eigenvalue weighted by molar-refractivity contribution is 5.93. The molecule has 0 bridgehead atoms. The lowest BCUT2D eigenvalue weighted by atomic mass is 10.1. The molecule has 0 spiro atoms. The van der Waals surface area contributed by atoms with E-state index in [1.54, 1.807) is 35.5 Å². The molecule has 0 saturated heterocycles. The van der Waals surface area contributed by atoms with Crippen molar-refractivity contribution in [3.8, 4) is 0 Å². The van der Waals surface area contributed by atoms with Crippen LogP contribution in [0.5, 0.6) is 0 Å². The zero-order valence-corrected chi connectivity index (χ0v) is 13.8. The quantitative estimate of drug-likeness (QED) is 0.670. The molecule has 1 amide bonds. The molecule has 3 rings (SSSR count). The fraction of sp³-hybridized carbons (Fsp3) is 0.143. The van der Waals surface area contributed by atoms with E-state index in [0.717, 1.165) is 11.3 Å². The lowest BCUT2D eigenvalue weighted by Gasteiger charge is -2.23. The number of pyridine rings is 1. The minimum absolute atomic E-state index is 0.0432. The largest absolute Gasteiger partial charge is 0.308 e. The smallest absolute Gasteiger partial charge is 0.227 e. The second kappa shape index (κ2) is 8.20. The monoisotopic (exact) mass is 334 g/mol. The first-order chi connectivity index (χ1) is 12.2. The number of anilines is 1. The van der Waals surface area contributed by atoms with Crippen molar-refractivity contribution in [2.75, 3.05) is 4.90 Å². The van der Waals surface area contributed by atoms with Crippen LogP contribution in [0.4, 0.5) is 10.1 Å². The van der Waals surface area contributed by atoms with Crippen LogP contribution in [0.15, 0.2) is 79.1 Å². The Balaban J connectivity index is 1.76. The van der Waals surface area contributed by atoms with Crippen LogP contribution in [0.2, 0.25) is 0 Å². The maximum atomic E-state index is 13.8. The average Bonchev–Trinajstić information content (AvgIpc) is 2.67. The summed E-state index contributed by atoms with van der Waals surface area (Å²) in [5.74, 6) is -0.313. The zero-order chi connectivity index (χ0) is 17.5. The van der Waals surface area contributed by atoms with Crippen LogP contribution < -0.4 is 4.90 Å². The van der Waals surface area contributed by atoms with E-state index in [1.165, 1.54) is 6.07 Å². The Morgan fingerprint density at radius 2 is 1.72 bits per heavy atom. The number of amides is 1. The fourth-order valence-electron chi connectivity index (χ4n) is 2.68. The van der Waals surface area contributed by atoms with Gasteiger partial charge < -0.3 is 4.90 Å². The Labute approximate surface area is 146 Å². The summed E-state index contributed by atoms with van der Waals surface area (Å²) in [5, 5.41) is 0. The van der Waals surface area contributed by atoms with Gasteiger partial charge in [-0.2, -0.15) is 0 Å². The fourth-order valence-corrected chi connectivity index (χ4v) is 2.68. The lowest BCUT2D eigenvalue weighted by molar-refractivity contribution is -0.118. The predicted molar refractivity (Wildman–Crippen MR) is 96.6 cm³/mol. The number of hydrogen-bond donors (Lipinski definition) is 0. The van der Waals surface area contributed by atoms with Crippen LogP contribution in [0, 0.1) is 5.82 Å². The highest BCUT2D eigenvalue weighted by Gasteiger charge is 2.16. The van der Waals surface area contributed by atoms with Gasteiger partial charge in [-0.25, -0.2) is 4.39 Å². The Hall–Kier alpha value is -3.01. The summed E-state index contributed by atoms with van der Waals surface area (Å²) in [7, 11) is 0. The first kappa shape index (κ1) is 16.8. The van der Waals surface area contributed by atoms with Gasteiger partial charge in [0.1, 0.15) is 5.82 Å². The van der Waals surface area contributed by atoms with Gasteiger partial charge in [0.25, 0.3) is 0 Å². The topological polar surface area (TPSA) is 33.2 Å². The van der Waals surface area contributed by atoms with E-state index in [1.807, 2.05) is 42.5 Å². The second-order valence-corrected chi connectivity index (χ2v) is 5.77. The third-order valence-electron chi connectivity index (χ3n) is 4.00. The Morgan fingerprint density at radius 1 is 0.960 bits per heavy atom. The molecule has 1 aromatic heterocycles. The highest BCUT2D eigenvalue weighted by Crippen LogP contribution is 2.19. The van der Waals surface area contributed by atoms with Gasteiger partial charge in [-0.3, -0.25) is 9.78 Å². The van der Waals surface area contributed by atoms with Crippen LogP contribution in [0.3, 0.4) is 0 Å². The second-order valence-electron chi connectivity index (χ2n) is 5.77. The van der Waals surface area contributed by atoms with Gasteiger partial charge in [-0.05, 0) is 41.8 Å². The molecule has 2 aromatic carbocycles. The third kappa shape index (κ3) is 4.51. The molecule has 1 heterocycles. The van der Waals surface area contributed by atoms with Crippen molar-refractivity contribution in [2.45, 2.75) is 19.4 Å². The Bertz CT molecular complexity index is 822. The van der Waals surface area contributed by atoms with Gasteiger partial charge in [-0.1, -0.05) is 42.5 Å². The maximum absolute atomic E-state index is 13.8. The van der Waals surface area contributed by atoms with E-state index in [9.17, 15) is 9.18 Å². The molecule has 126 valence electrons. The van der Waals surface area contributed by atoms with E-state index in [0.29, 0.717) is 18.5 Å². The van der Waals surface area contributed by atoms with E-state index >= 15 is 0 Å². The summed E-state index contributed by atoms with van der Waals surface area (Å²) in [6.07, 6.45) is 4.08. The minimum Gasteiger partial charge on any atom is -0.308 e. The van der Waals surface area contributed by atoms with Gasteiger partial charge in [0.05, 0.1) is 6.54 Å². The first-order valence-corrected chi connectivity index (χ1v) is 8.22. The lowest BCUT2D eigenvalue weighted by Crippen LogP contribution is -2.30. The van der Waals surface area contributed by atoms with Crippen molar-refractivity contribution in [2.24, 2.45) is 0 Å². The molecule has 0 N–H and O–H groups in total. The number of carbonyl (C=O) groups excluding carboxylic acids is 1. The molecule has 0 aliphatic heterocycles. The summed E-state index contributed by atoms with van der Waals surface area (Å²) < 4.78 is 13.8. The third-order valence-corrected chi connectivity index (χ3v) is 4.00. The standard InChI is InChI=1S/C21H19FN2O/c22-20-11-5-4-8-18(20)12-13-21(25)24(19-9-2-1-3-10-19)16-17-7-6-14-23-15-17/h1-11,14-15H,12-13,16H2. The van der Waals surface area contributed by atoms with Crippen LogP contribution in [0.1, 0.15) is 17.5 Å². The van der Waals surface area contributed by atoms with E-state index < -0.39 is 0 Å². The molecule has 0 aliphatic carbocycles. The van der Waals surface area contributed by atoms with Crippen LogP contribution >= 0.6 is 0 Å². The van der Waals surface area contributed by atoms with Crippen LogP contribution in [-0.4, -0.2) is 10.9 Å². The minimum atomic E-state index is -0.270. The molecule has 0 saturated carbocycles. The molecular formula is C21H19FN2O. The number of rotatable bonds is 6. The number of hydrogen-bond acceptors (Lipinski definition) is 2. The molecule has 25 heavy (non-hydrogen) atoms. The van der Waals surface area contributed by atoms with Crippen molar-refractivity contribution in [1.29, 1.82) is 0 Å². The van der Waals surface area contributed by atoms with Crippen LogP contribution in [0.25, 0.3) is 0 Å². The van der Waals surface area contributed by atoms with Crippen molar-refractivity contribution in [3.05, 3.63) is 96.1 Å². The number of para-hydroxylation sites is 1. The number of halogens is 1. The molecule has 0 atom stereocenters. The number of aryl methyl sites for hydroxylation is 1. The Morgan fingerprint density at radius 3 is 2.44 bits per heavy atom. The first-order valence-electron chi connectivity index (χ1n) is 8.22. The highest BCUT2D eigenvalue weighted by atomic mass is 19.1. The summed E-state index contributed by atoms with van der Waals surface area (Å²) in [5.41, 5.74) is 2.33. The molecule has 0 radical (unpaired) electrons. The maximum Gasteiger partial charge on any atom is 0.227 e. The van der Waals surface area contributed by atoms with Gasteiger partial charge in [0, 0.05) is 24.5 Å². The van der Waals surface area contributed by atoms with E-state index in [2.05, 4.69) is 4.98 Å². The molecular weight excluding hydrogens is 315 g/mol. The number of nitrogens with zero attached hydrogens (tertiary/aromatic N) is 2. The van der Waals surface area contributed by atoms with E-state index in [4.69, 9.17) is 0 Å². The van der Waals surface area contributed by atoms with E-state index in [-0.39, 0.29) is 18.1 Å². The molecule has 0 aliphatic rings. The molecule has 3 nitrogen and oxygen atoms in total.